The molecule has 2 aromatic heterocycles. The lowest BCUT2D eigenvalue weighted by molar-refractivity contribution is 0.187. The molecule has 0 bridgehead atoms. The monoisotopic (exact) mass is 472 g/mol. The number of piperidine rings is 1. The van der Waals surface area contributed by atoms with Crippen molar-refractivity contribution < 1.29 is 19.2 Å². The zero-order valence-electron chi connectivity index (χ0n) is 17.8. The smallest absolute Gasteiger partial charge is 0.404 e. The van der Waals surface area contributed by atoms with Gasteiger partial charge in [0.05, 0.1) is 5.39 Å². The Morgan fingerprint density at radius 1 is 1.06 bits per heavy atom. The summed E-state index contributed by atoms with van der Waals surface area (Å²) in [6, 6.07) is 7.17. The maximum atomic E-state index is 12.7. The third kappa shape index (κ3) is 4.62. The number of aromatic nitrogens is 3. The molecule has 3 N–H and O–H groups in total. The molecule has 2 aliphatic rings. The Labute approximate surface area is 193 Å². The van der Waals surface area contributed by atoms with Crippen molar-refractivity contribution in [1.82, 2.24) is 24.7 Å². The Morgan fingerprint density at radius 2 is 1.82 bits per heavy atom. The molecule has 4 heterocycles. The molecule has 13 heteroatoms. The van der Waals surface area contributed by atoms with Crippen LogP contribution in [0.3, 0.4) is 0 Å². The normalized spacial score (nSPS) is 17.4. The van der Waals surface area contributed by atoms with Crippen LogP contribution in [-0.2, 0) is 0 Å². The highest BCUT2D eigenvalue weighted by Gasteiger charge is 2.27. The molecule has 2 fully saturated rings. The van der Waals surface area contributed by atoms with Gasteiger partial charge in [0.25, 0.3) is 0 Å². The van der Waals surface area contributed by atoms with Gasteiger partial charge in [-0.25, -0.2) is 9.59 Å². The fourth-order valence-corrected chi connectivity index (χ4v) is 4.86. The molecule has 3 amide bonds. The van der Waals surface area contributed by atoms with Crippen LogP contribution in [0.5, 0.6) is 0 Å². The summed E-state index contributed by atoms with van der Waals surface area (Å²) in [5, 5.41) is 19.8. The summed E-state index contributed by atoms with van der Waals surface area (Å²) in [4.78, 5) is 34.2. The lowest BCUT2D eigenvalue weighted by atomic mass is 10.1. The molecule has 5 rings (SSSR count). The molecule has 33 heavy (non-hydrogen) atoms. The summed E-state index contributed by atoms with van der Waals surface area (Å²) in [5.74, 6) is 1.11. The lowest BCUT2D eigenvalue weighted by Crippen LogP contribution is -2.50. The second-order valence-electron chi connectivity index (χ2n) is 8.02. The van der Waals surface area contributed by atoms with Crippen LogP contribution in [0.1, 0.15) is 12.8 Å². The van der Waals surface area contributed by atoms with E-state index in [1.54, 1.807) is 4.90 Å². The number of carbonyl (C=O) groups excluding carboxylic acids is 1. The van der Waals surface area contributed by atoms with Gasteiger partial charge < -0.3 is 29.6 Å². The van der Waals surface area contributed by atoms with Gasteiger partial charge >= 0.3 is 12.1 Å². The quantitative estimate of drug-likeness (QED) is 0.521. The number of nitrogens with zero attached hydrogens (tertiary/aromatic N) is 6. The van der Waals surface area contributed by atoms with E-state index < -0.39 is 6.09 Å². The van der Waals surface area contributed by atoms with Gasteiger partial charge in [0.2, 0.25) is 11.1 Å². The number of anilines is 3. The van der Waals surface area contributed by atoms with E-state index in [9.17, 15) is 9.59 Å². The number of nitrogens with one attached hydrogen (secondary N) is 2. The molecule has 2 aliphatic heterocycles. The van der Waals surface area contributed by atoms with Crippen molar-refractivity contribution in [3.63, 3.8) is 0 Å². The van der Waals surface area contributed by atoms with Gasteiger partial charge in [-0.05, 0) is 25.0 Å². The Kier molecular flexibility index (Phi) is 5.86. The Balaban J connectivity index is 1.13. The lowest BCUT2D eigenvalue weighted by Gasteiger charge is -2.34. The van der Waals surface area contributed by atoms with Gasteiger partial charge in [-0.15, -0.1) is 0 Å². The summed E-state index contributed by atoms with van der Waals surface area (Å²) in [5.41, 5.74) is 0.632. The van der Waals surface area contributed by atoms with Crippen molar-refractivity contribution >= 4 is 51.5 Å². The van der Waals surface area contributed by atoms with Crippen LogP contribution in [-0.4, -0.2) is 82.0 Å². The molecule has 0 radical (unpaired) electrons. The van der Waals surface area contributed by atoms with E-state index >= 15 is 0 Å². The maximum absolute atomic E-state index is 12.7. The fraction of sp³-hybridized carbons (Fsp3) is 0.450. The molecule has 0 atom stereocenters. The summed E-state index contributed by atoms with van der Waals surface area (Å²) in [6.07, 6.45) is 0.481. The van der Waals surface area contributed by atoms with E-state index in [2.05, 4.69) is 34.9 Å². The van der Waals surface area contributed by atoms with Crippen molar-refractivity contribution in [2.75, 3.05) is 54.4 Å². The van der Waals surface area contributed by atoms with Crippen molar-refractivity contribution in [2.45, 2.75) is 18.9 Å². The van der Waals surface area contributed by atoms with Crippen molar-refractivity contribution in [1.29, 1.82) is 0 Å². The number of carboxylic acid groups (broad SMARTS) is 1. The molecule has 0 unspecified atom stereocenters. The van der Waals surface area contributed by atoms with Crippen LogP contribution in [0.15, 0.2) is 28.8 Å². The van der Waals surface area contributed by atoms with Gasteiger partial charge in [0, 0.05) is 56.8 Å². The van der Waals surface area contributed by atoms with Gasteiger partial charge in [-0.2, -0.15) is 9.36 Å². The van der Waals surface area contributed by atoms with E-state index in [1.165, 1.54) is 11.5 Å². The number of urea groups is 1. The summed E-state index contributed by atoms with van der Waals surface area (Å²) in [6.45, 7) is 3.86. The van der Waals surface area contributed by atoms with Gasteiger partial charge in [-0.1, -0.05) is 17.3 Å². The standard InChI is InChI=1S/C20H24N8O4S/c29-18(22-16-14-3-1-2-4-15(14)32-24-16)27-9-11-28(12-10-27)19-23-17(25-33-19)26-7-5-13(6-8-26)21-20(30)31/h1-4,13,21H,5-12H2,(H,30,31)(H,22,24,29). The number of para-hydroxylation sites is 1. The van der Waals surface area contributed by atoms with Crippen LogP contribution in [0.25, 0.3) is 11.0 Å². The molecule has 1 aromatic carbocycles. The number of hydrogen-bond acceptors (Lipinski definition) is 9. The summed E-state index contributed by atoms with van der Waals surface area (Å²) >= 11 is 1.35. The first-order valence-corrected chi connectivity index (χ1v) is 11.6. The summed E-state index contributed by atoms with van der Waals surface area (Å²) < 4.78 is 9.75. The average Bonchev–Trinajstić information content (AvgIpc) is 3.47. The van der Waals surface area contributed by atoms with E-state index in [0.29, 0.717) is 56.6 Å². The largest absolute Gasteiger partial charge is 0.465 e. The molecule has 0 spiro atoms. The fourth-order valence-electron chi connectivity index (χ4n) is 4.12. The van der Waals surface area contributed by atoms with Gasteiger partial charge in [0.15, 0.2) is 11.4 Å². The van der Waals surface area contributed by atoms with Crippen LogP contribution < -0.4 is 20.4 Å². The number of amides is 3. The first-order valence-electron chi connectivity index (χ1n) is 10.8. The topological polar surface area (TPSA) is 140 Å². The van der Waals surface area contributed by atoms with Crippen LogP contribution in [0, 0.1) is 0 Å². The number of hydrogen-bond donors (Lipinski definition) is 3. The molecule has 3 aromatic rings. The van der Waals surface area contributed by atoms with Crippen molar-refractivity contribution in [3.05, 3.63) is 24.3 Å². The van der Waals surface area contributed by atoms with Crippen LogP contribution in [0.2, 0.25) is 0 Å². The molecule has 0 aliphatic carbocycles. The number of benzene rings is 1. The number of carbonyl (C=O) groups is 2. The molecule has 0 saturated carbocycles. The first kappa shape index (κ1) is 21.2. The average molecular weight is 473 g/mol. The first-order chi connectivity index (χ1) is 16.1. The Hall–Kier alpha value is -3.61. The molecular weight excluding hydrogens is 448 g/mol. The highest BCUT2D eigenvalue weighted by atomic mass is 32.1. The molecule has 174 valence electrons. The van der Waals surface area contributed by atoms with Gasteiger partial charge in [-0.3, -0.25) is 5.32 Å². The number of rotatable bonds is 4. The van der Waals surface area contributed by atoms with Crippen LogP contribution in [0.4, 0.5) is 26.5 Å². The molecule has 12 nitrogen and oxygen atoms in total. The number of piperazine rings is 1. The highest BCUT2D eigenvalue weighted by molar-refractivity contribution is 7.09. The van der Waals surface area contributed by atoms with Crippen molar-refractivity contribution in [2.24, 2.45) is 0 Å². The maximum Gasteiger partial charge on any atom is 0.404 e. The zero-order valence-corrected chi connectivity index (χ0v) is 18.6. The Morgan fingerprint density at radius 3 is 2.58 bits per heavy atom. The van der Waals surface area contributed by atoms with Gasteiger partial charge in [0.1, 0.15) is 0 Å². The highest BCUT2D eigenvalue weighted by Crippen LogP contribution is 2.26. The minimum absolute atomic E-state index is 0.0219. The second kappa shape index (κ2) is 9.10. The van der Waals surface area contributed by atoms with E-state index in [1.807, 2.05) is 24.3 Å². The van der Waals surface area contributed by atoms with E-state index in [-0.39, 0.29) is 12.1 Å². The second-order valence-corrected chi connectivity index (χ2v) is 8.75. The predicted octanol–water partition coefficient (Wildman–Crippen LogP) is 2.27. The minimum Gasteiger partial charge on any atom is -0.465 e. The molecule has 2 saturated heterocycles. The predicted molar refractivity (Wildman–Crippen MR) is 123 cm³/mol. The van der Waals surface area contributed by atoms with E-state index in [0.717, 1.165) is 23.4 Å². The molecular formula is C20H24N8O4S. The van der Waals surface area contributed by atoms with Crippen molar-refractivity contribution in [3.8, 4) is 0 Å². The third-order valence-electron chi connectivity index (χ3n) is 5.95. The zero-order chi connectivity index (χ0) is 22.8. The third-order valence-corrected chi connectivity index (χ3v) is 6.72. The van der Waals surface area contributed by atoms with Crippen LogP contribution >= 0.6 is 11.5 Å². The minimum atomic E-state index is -0.982. The SMILES string of the molecule is O=C(O)NC1CCN(c2nsc(N3CCN(C(=O)Nc4noc5ccccc45)CC3)n2)CC1. The summed E-state index contributed by atoms with van der Waals surface area (Å²) in [7, 11) is 0. The van der Waals surface area contributed by atoms with E-state index in [4.69, 9.17) is 9.63 Å². The Bertz CT molecular complexity index is 1130. The number of fused-ring (bicyclic) bond motifs is 1.